The average Bonchev–Trinajstić information content (AvgIpc) is 1.55. The molecule has 1 aliphatic heterocycles. The van der Waals surface area contributed by atoms with Crippen LogP contribution < -0.4 is 0 Å². The van der Waals surface area contributed by atoms with Crippen LogP contribution in [-0.4, -0.2) is 49.4 Å². The Morgan fingerprint density at radius 1 is 1.60 bits per heavy atom. The Hall–Kier alpha value is -0.570. The minimum Gasteiger partial charge on any atom is -0.341 e. The smallest absolute Gasteiger partial charge is 0.236 e. The van der Waals surface area contributed by atoms with Crippen LogP contribution in [0.25, 0.3) is 0 Å². The van der Waals surface area contributed by atoms with Gasteiger partial charge in [-0.1, -0.05) is 0 Å². The third-order valence-corrected chi connectivity index (χ3v) is 1.50. The van der Waals surface area contributed by atoms with Gasteiger partial charge in [-0.3, -0.25) is 4.79 Å². The molecule has 57 valence electrons. The van der Waals surface area contributed by atoms with Crippen LogP contribution in [0.1, 0.15) is 0 Å². The Bertz CT molecular complexity index is 130. The fourth-order valence-electron chi connectivity index (χ4n) is 0.832. The highest BCUT2D eigenvalue weighted by Gasteiger charge is 2.19. The second-order valence-corrected chi connectivity index (χ2v) is 2.83. The highest BCUT2D eigenvalue weighted by atomic mass is 16.2. The SMILES string of the molecule is CN(C)CC(=O)N1C[CH]C1. The standard InChI is InChI=1S/C7H13N2O/c1-8(2)6-7(10)9-4-3-5-9/h3H,4-6H2,1-2H3. The van der Waals surface area contributed by atoms with Crippen LogP contribution in [0.5, 0.6) is 0 Å². The first-order valence-electron chi connectivity index (χ1n) is 3.44. The topological polar surface area (TPSA) is 23.6 Å². The van der Waals surface area contributed by atoms with Crippen molar-refractivity contribution in [2.75, 3.05) is 33.7 Å². The third-order valence-electron chi connectivity index (χ3n) is 1.50. The minimum atomic E-state index is 0.229. The van der Waals surface area contributed by atoms with Crippen molar-refractivity contribution in [1.29, 1.82) is 0 Å². The lowest BCUT2D eigenvalue weighted by molar-refractivity contribution is -0.133. The molecule has 1 saturated heterocycles. The Labute approximate surface area is 61.6 Å². The lowest BCUT2D eigenvalue weighted by Gasteiger charge is -2.31. The first kappa shape index (κ1) is 7.54. The number of carbonyl (C=O) groups excluding carboxylic acids is 1. The molecule has 1 rings (SSSR count). The van der Waals surface area contributed by atoms with Crippen LogP contribution in [-0.2, 0) is 4.79 Å². The highest BCUT2D eigenvalue weighted by molar-refractivity contribution is 5.79. The van der Waals surface area contributed by atoms with E-state index in [-0.39, 0.29) is 5.91 Å². The maximum Gasteiger partial charge on any atom is 0.236 e. The summed E-state index contributed by atoms with van der Waals surface area (Å²) >= 11 is 0. The van der Waals surface area contributed by atoms with E-state index in [1.807, 2.05) is 23.9 Å². The molecule has 0 aromatic rings. The summed E-state index contributed by atoms with van der Waals surface area (Å²) in [7, 11) is 3.81. The highest BCUT2D eigenvalue weighted by Crippen LogP contribution is 2.04. The molecule has 1 amide bonds. The Kier molecular flexibility index (Phi) is 2.27. The van der Waals surface area contributed by atoms with Crippen LogP contribution in [0, 0.1) is 6.42 Å². The monoisotopic (exact) mass is 141 g/mol. The largest absolute Gasteiger partial charge is 0.341 e. The van der Waals surface area contributed by atoms with Crippen LogP contribution in [0.15, 0.2) is 0 Å². The summed E-state index contributed by atoms with van der Waals surface area (Å²) in [5, 5.41) is 0. The molecule has 10 heavy (non-hydrogen) atoms. The van der Waals surface area contributed by atoms with Crippen molar-refractivity contribution in [1.82, 2.24) is 9.80 Å². The predicted molar refractivity (Wildman–Crippen MR) is 39.4 cm³/mol. The van der Waals surface area contributed by atoms with Crippen molar-refractivity contribution in [3.05, 3.63) is 6.42 Å². The summed E-state index contributed by atoms with van der Waals surface area (Å²) < 4.78 is 0. The summed E-state index contributed by atoms with van der Waals surface area (Å²) in [5.41, 5.74) is 0. The Balaban J connectivity index is 2.20. The molecular formula is C7H13N2O. The molecule has 3 nitrogen and oxygen atoms in total. The van der Waals surface area contributed by atoms with Crippen molar-refractivity contribution in [2.24, 2.45) is 0 Å². The molecule has 1 radical (unpaired) electrons. The molecule has 0 unspecified atom stereocenters. The Morgan fingerprint density at radius 2 is 2.20 bits per heavy atom. The van der Waals surface area contributed by atoms with Crippen molar-refractivity contribution in [2.45, 2.75) is 0 Å². The van der Waals surface area contributed by atoms with E-state index in [2.05, 4.69) is 6.42 Å². The van der Waals surface area contributed by atoms with Crippen LogP contribution in [0.3, 0.4) is 0 Å². The number of likely N-dealkylation sites (tertiary alicyclic amines) is 1. The van der Waals surface area contributed by atoms with Crippen molar-refractivity contribution < 1.29 is 4.79 Å². The van der Waals surface area contributed by atoms with Crippen molar-refractivity contribution >= 4 is 5.91 Å². The summed E-state index contributed by atoms with van der Waals surface area (Å²) in [4.78, 5) is 14.8. The molecule has 0 aromatic heterocycles. The molecule has 0 bridgehead atoms. The van der Waals surface area contributed by atoms with E-state index in [9.17, 15) is 4.79 Å². The van der Waals surface area contributed by atoms with Gasteiger partial charge >= 0.3 is 0 Å². The molecule has 0 spiro atoms. The fraction of sp³-hybridized carbons (Fsp3) is 0.714. The van der Waals surface area contributed by atoms with E-state index in [1.165, 1.54) is 0 Å². The number of amides is 1. The molecule has 0 N–H and O–H groups in total. The number of carbonyl (C=O) groups is 1. The average molecular weight is 141 g/mol. The number of hydrogen-bond acceptors (Lipinski definition) is 2. The van der Waals surface area contributed by atoms with Crippen molar-refractivity contribution in [3.8, 4) is 0 Å². The van der Waals surface area contributed by atoms with Crippen LogP contribution >= 0.6 is 0 Å². The van der Waals surface area contributed by atoms with E-state index < -0.39 is 0 Å². The van der Waals surface area contributed by atoms with Gasteiger partial charge in [-0.2, -0.15) is 0 Å². The van der Waals surface area contributed by atoms with Gasteiger partial charge in [0.05, 0.1) is 6.54 Å². The van der Waals surface area contributed by atoms with Gasteiger partial charge in [0, 0.05) is 19.5 Å². The number of likely N-dealkylation sites (N-methyl/N-ethyl adjacent to an activating group) is 1. The van der Waals surface area contributed by atoms with Gasteiger partial charge in [0.2, 0.25) is 5.91 Å². The maximum absolute atomic E-state index is 11.1. The van der Waals surface area contributed by atoms with Gasteiger partial charge in [0.1, 0.15) is 0 Å². The Morgan fingerprint density at radius 3 is 2.50 bits per heavy atom. The number of hydrogen-bond donors (Lipinski definition) is 0. The molecule has 1 heterocycles. The summed E-state index contributed by atoms with van der Waals surface area (Å²) in [6, 6.07) is 0. The molecule has 1 aliphatic rings. The predicted octanol–water partition coefficient (Wildman–Crippen LogP) is -0.406. The normalized spacial score (nSPS) is 17.3. The van der Waals surface area contributed by atoms with Gasteiger partial charge < -0.3 is 9.80 Å². The first-order valence-corrected chi connectivity index (χ1v) is 3.44. The molecule has 0 aliphatic carbocycles. The molecule has 0 saturated carbocycles. The van der Waals surface area contributed by atoms with Gasteiger partial charge in [-0.15, -0.1) is 0 Å². The van der Waals surface area contributed by atoms with Crippen LogP contribution in [0.2, 0.25) is 0 Å². The second kappa shape index (κ2) is 3.01. The zero-order valence-electron chi connectivity index (χ0n) is 6.50. The number of rotatable bonds is 2. The molecule has 0 aromatic carbocycles. The van der Waals surface area contributed by atoms with E-state index in [0.29, 0.717) is 6.54 Å². The molecule has 3 heteroatoms. The van der Waals surface area contributed by atoms with E-state index in [1.54, 1.807) is 0 Å². The summed E-state index contributed by atoms with van der Waals surface area (Å²) in [6.07, 6.45) is 2.09. The number of nitrogens with zero attached hydrogens (tertiary/aromatic N) is 2. The second-order valence-electron chi connectivity index (χ2n) is 2.83. The van der Waals surface area contributed by atoms with E-state index >= 15 is 0 Å². The zero-order valence-corrected chi connectivity index (χ0v) is 6.50. The van der Waals surface area contributed by atoms with Gasteiger partial charge in [0.25, 0.3) is 0 Å². The quantitative estimate of drug-likeness (QED) is 0.522. The fourth-order valence-corrected chi connectivity index (χ4v) is 0.832. The van der Waals surface area contributed by atoms with E-state index in [4.69, 9.17) is 0 Å². The van der Waals surface area contributed by atoms with Gasteiger partial charge in [-0.05, 0) is 14.1 Å². The lowest BCUT2D eigenvalue weighted by Crippen LogP contribution is -2.46. The minimum absolute atomic E-state index is 0.229. The van der Waals surface area contributed by atoms with Crippen molar-refractivity contribution in [3.63, 3.8) is 0 Å². The molecule has 0 atom stereocenters. The first-order chi connectivity index (χ1) is 4.70. The van der Waals surface area contributed by atoms with E-state index in [0.717, 1.165) is 13.1 Å². The van der Waals surface area contributed by atoms with Crippen LogP contribution in [0.4, 0.5) is 0 Å². The summed E-state index contributed by atoms with van der Waals surface area (Å²) in [5.74, 6) is 0.229. The molecular weight excluding hydrogens is 128 g/mol. The maximum atomic E-state index is 11.1. The zero-order chi connectivity index (χ0) is 7.56. The summed E-state index contributed by atoms with van der Waals surface area (Å²) in [6.45, 7) is 2.22. The lowest BCUT2D eigenvalue weighted by atomic mass is 10.2. The third kappa shape index (κ3) is 1.70. The van der Waals surface area contributed by atoms with Gasteiger partial charge in [0.15, 0.2) is 0 Å². The van der Waals surface area contributed by atoms with Gasteiger partial charge in [-0.25, -0.2) is 0 Å². The molecule has 1 fully saturated rings.